The van der Waals surface area contributed by atoms with Gasteiger partial charge in [0.15, 0.2) is 5.96 Å². The summed E-state index contributed by atoms with van der Waals surface area (Å²) in [6.45, 7) is 6.80. The molecule has 0 aromatic carbocycles. The van der Waals surface area contributed by atoms with Crippen LogP contribution in [0.3, 0.4) is 0 Å². The van der Waals surface area contributed by atoms with Crippen molar-refractivity contribution in [2.24, 2.45) is 12.0 Å². The van der Waals surface area contributed by atoms with Crippen molar-refractivity contribution in [3.05, 3.63) is 18.0 Å². The standard InChI is InChI=1S/C15H27N5O2/c1-4-16-15(17-6-5-8-21-3)20-7-9-22-14(12-20)13-10-18-19(2)11-13/h10-11,14H,4-9,12H2,1-3H3,(H,16,17). The Morgan fingerprint density at radius 2 is 2.45 bits per heavy atom. The number of aryl methyl sites for hydroxylation is 1. The van der Waals surface area contributed by atoms with Gasteiger partial charge in [0.2, 0.25) is 0 Å². The Morgan fingerprint density at radius 3 is 3.14 bits per heavy atom. The van der Waals surface area contributed by atoms with Gasteiger partial charge in [-0.1, -0.05) is 0 Å². The van der Waals surface area contributed by atoms with Crippen molar-refractivity contribution < 1.29 is 9.47 Å². The van der Waals surface area contributed by atoms with Gasteiger partial charge in [-0.05, 0) is 13.3 Å². The van der Waals surface area contributed by atoms with Gasteiger partial charge in [0.05, 0.1) is 19.3 Å². The minimum atomic E-state index is 0.0466. The fraction of sp³-hybridized carbons (Fsp3) is 0.733. The van der Waals surface area contributed by atoms with E-state index in [2.05, 4.69) is 27.2 Å². The van der Waals surface area contributed by atoms with Gasteiger partial charge in [0.1, 0.15) is 6.10 Å². The molecule has 1 aromatic rings. The molecule has 0 amide bonds. The zero-order chi connectivity index (χ0) is 15.8. The molecule has 0 aliphatic carbocycles. The number of hydrogen-bond acceptors (Lipinski definition) is 4. The number of guanidine groups is 1. The molecule has 1 fully saturated rings. The average molecular weight is 309 g/mol. The van der Waals surface area contributed by atoms with Crippen LogP contribution in [-0.2, 0) is 16.5 Å². The van der Waals surface area contributed by atoms with E-state index in [1.165, 1.54) is 0 Å². The van der Waals surface area contributed by atoms with E-state index in [4.69, 9.17) is 9.47 Å². The molecular formula is C15H27N5O2. The van der Waals surface area contributed by atoms with Gasteiger partial charge in [-0.3, -0.25) is 9.67 Å². The second-order valence-electron chi connectivity index (χ2n) is 5.33. The molecule has 7 nitrogen and oxygen atoms in total. The number of nitrogens with zero attached hydrogens (tertiary/aromatic N) is 4. The molecule has 1 N–H and O–H groups in total. The maximum atomic E-state index is 5.88. The minimum absolute atomic E-state index is 0.0466. The number of aliphatic imine (C=N–C) groups is 1. The van der Waals surface area contributed by atoms with E-state index >= 15 is 0 Å². The van der Waals surface area contributed by atoms with E-state index in [0.29, 0.717) is 6.61 Å². The van der Waals surface area contributed by atoms with Crippen molar-refractivity contribution in [1.29, 1.82) is 0 Å². The SMILES string of the molecule is CCNC(=NCCCOC)N1CCOC(c2cnn(C)c2)C1. The van der Waals surface area contributed by atoms with Crippen molar-refractivity contribution in [3.8, 4) is 0 Å². The number of methoxy groups -OCH3 is 1. The molecule has 1 unspecified atom stereocenters. The number of nitrogens with one attached hydrogen (secondary N) is 1. The van der Waals surface area contributed by atoms with Crippen LogP contribution >= 0.6 is 0 Å². The van der Waals surface area contributed by atoms with Gasteiger partial charge >= 0.3 is 0 Å². The maximum Gasteiger partial charge on any atom is 0.194 e. The summed E-state index contributed by atoms with van der Waals surface area (Å²) in [6.07, 6.45) is 4.86. The van der Waals surface area contributed by atoms with Crippen LogP contribution in [-0.4, -0.2) is 67.1 Å². The topological polar surface area (TPSA) is 63.9 Å². The van der Waals surface area contributed by atoms with Crippen molar-refractivity contribution >= 4 is 5.96 Å². The lowest BCUT2D eigenvalue weighted by Crippen LogP contribution is -2.48. The van der Waals surface area contributed by atoms with Crippen molar-refractivity contribution in [1.82, 2.24) is 20.0 Å². The van der Waals surface area contributed by atoms with Crippen LogP contribution < -0.4 is 5.32 Å². The van der Waals surface area contributed by atoms with E-state index in [1.807, 2.05) is 24.1 Å². The van der Waals surface area contributed by atoms with Gasteiger partial charge in [0.25, 0.3) is 0 Å². The quantitative estimate of drug-likeness (QED) is 0.478. The second-order valence-corrected chi connectivity index (χ2v) is 5.33. The van der Waals surface area contributed by atoms with E-state index in [-0.39, 0.29) is 6.10 Å². The number of ether oxygens (including phenoxy) is 2. The van der Waals surface area contributed by atoms with Gasteiger partial charge in [-0.15, -0.1) is 0 Å². The summed E-state index contributed by atoms with van der Waals surface area (Å²) >= 11 is 0. The van der Waals surface area contributed by atoms with Crippen LogP contribution in [0.1, 0.15) is 25.0 Å². The number of morpholine rings is 1. The van der Waals surface area contributed by atoms with Crippen molar-refractivity contribution in [3.63, 3.8) is 0 Å². The first-order chi connectivity index (χ1) is 10.7. The Kier molecular flexibility index (Phi) is 6.67. The molecule has 7 heteroatoms. The highest BCUT2D eigenvalue weighted by Gasteiger charge is 2.24. The molecule has 0 bridgehead atoms. The monoisotopic (exact) mass is 309 g/mol. The van der Waals surface area contributed by atoms with Crippen LogP contribution in [0, 0.1) is 0 Å². The highest BCUT2D eigenvalue weighted by atomic mass is 16.5. The Hall–Kier alpha value is -1.60. The van der Waals surface area contributed by atoms with Crippen LogP contribution in [0.2, 0.25) is 0 Å². The predicted molar refractivity (Wildman–Crippen MR) is 85.9 cm³/mol. The van der Waals surface area contributed by atoms with Gasteiger partial charge in [-0.25, -0.2) is 0 Å². The van der Waals surface area contributed by atoms with Crippen molar-refractivity contribution in [2.75, 3.05) is 46.5 Å². The molecule has 2 rings (SSSR count). The van der Waals surface area contributed by atoms with Crippen LogP contribution in [0.15, 0.2) is 17.4 Å². The molecule has 22 heavy (non-hydrogen) atoms. The first-order valence-electron chi connectivity index (χ1n) is 7.87. The molecule has 0 radical (unpaired) electrons. The fourth-order valence-corrected chi connectivity index (χ4v) is 2.47. The molecule has 1 aliphatic rings. The van der Waals surface area contributed by atoms with Crippen LogP contribution in [0.5, 0.6) is 0 Å². The van der Waals surface area contributed by atoms with Crippen LogP contribution in [0.25, 0.3) is 0 Å². The van der Waals surface area contributed by atoms with E-state index in [9.17, 15) is 0 Å². The minimum Gasteiger partial charge on any atom is -0.385 e. The third-order valence-corrected chi connectivity index (χ3v) is 3.57. The zero-order valence-corrected chi connectivity index (χ0v) is 13.8. The summed E-state index contributed by atoms with van der Waals surface area (Å²) < 4.78 is 12.8. The molecule has 0 saturated carbocycles. The van der Waals surface area contributed by atoms with E-state index < -0.39 is 0 Å². The summed E-state index contributed by atoms with van der Waals surface area (Å²) in [4.78, 5) is 6.94. The molecule has 2 heterocycles. The van der Waals surface area contributed by atoms with Gasteiger partial charge in [-0.2, -0.15) is 5.10 Å². The van der Waals surface area contributed by atoms with Crippen LogP contribution in [0.4, 0.5) is 0 Å². The summed E-state index contributed by atoms with van der Waals surface area (Å²) in [5, 5.41) is 7.59. The third kappa shape index (κ3) is 4.71. The molecule has 1 saturated heterocycles. The lowest BCUT2D eigenvalue weighted by molar-refractivity contribution is -0.00805. The summed E-state index contributed by atoms with van der Waals surface area (Å²) in [5.41, 5.74) is 1.11. The fourth-order valence-electron chi connectivity index (χ4n) is 2.47. The number of aromatic nitrogens is 2. The molecule has 124 valence electrons. The normalized spacial score (nSPS) is 19.5. The van der Waals surface area contributed by atoms with Gasteiger partial charge in [0, 0.05) is 52.2 Å². The third-order valence-electron chi connectivity index (χ3n) is 3.57. The lowest BCUT2D eigenvalue weighted by Gasteiger charge is -2.34. The molecule has 1 atom stereocenters. The Labute approximate surface area is 132 Å². The zero-order valence-electron chi connectivity index (χ0n) is 13.8. The lowest BCUT2D eigenvalue weighted by atomic mass is 10.1. The smallest absolute Gasteiger partial charge is 0.194 e. The summed E-state index contributed by atoms with van der Waals surface area (Å²) in [7, 11) is 3.64. The molecular weight excluding hydrogens is 282 g/mol. The number of hydrogen-bond donors (Lipinski definition) is 1. The molecule has 1 aromatic heterocycles. The second kappa shape index (κ2) is 8.75. The summed E-state index contributed by atoms with van der Waals surface area (Å²) in [6, 6.07) is 0. The Bertz CT molecular complexity index is 474. The Balaban J connectivity index is 1.97. The van der Waals surface area contributed by atoms with E-state index in [0.717, 1.165) is 50.7 Å². The first-order valence-corrected chi connectivity index (χ1v) is 7.87. The van der Waals surface area contributed by atoms with Crippen molar-refractivity contribution in [2.45, 2.75) is 19.4 Å². The molecule has 1 aliphatic heterocycles. The summed E-state index contributed by atoms with van der Waals surface area (Å²) in [5.74, 6) is 0.954. The Morgan fingerprint density at radius 1 is 1.59 bits per heavy atom. The highest BCUT2D eigenvalue weighted by Crippen LogP contribution is 2.21. The maximum absolute atomic E-state index is 5.88. The van der Waals surface area contributed by atoms with Gasteiger partial charge < -0.3 is 19.7 Å². The predicted octanol–water partition coefficient (Wildman–Crippen LogP) is 0.795. The molecule has 0 spiro atoms. The van der Waals surface area contributed by atoms with E-state index in [1.54, 1.807) is 7.11 Å². The highest BCUT2D eigenvalue weighted by molar-refractivity contribution is 5.80. The number of rotatable bonds is 6. The largest absolute Gasteiger partial charge is 0.385 e. The average Bonchev–Trinajstić information content (AvgIpc) is 2.97. The first kappa shape index (κ1) is 16.8.